The van der Waals surface area contributed by atoms with Gasteiger partial charge in [0.25, 0.3) is 0 Å². The summed E-state index contributed by atoms with van der Waals surface area (Å²) in [7, 11) is 0. The first-order chi connectivity index (χ1) is 6.39. The van der Waals surface area contributed by atoms with E-state index >= 15 is 0 Å². The van der Waals surface area contributed by atoms with Crippen LogP contribution in [0.5, 0.6) is 0 Å². The number of nitrogens with zero attached hydrogens (tertiary/aromatic N) is 1. The van der Waals surface area contributed by atoms with Gasteiger partial charge in [0.1, 0.15) is 0 Å². The van der Waals surface area contributed by atoms with E-state index in [0.29, 0.717) is 5.41 Å². The second kappa shape index (κ2) is 4.13. The lowest BCUT2D eigenvalue weighted by Gasteiger charge is -2.19. The van der Waals surface area contributed by atoms with Gasteiger partial charge in [0, 0.05) is 19.2 Å². The number of rotatable bonds is 3. The summed E-state index contributed by atoms with van der Waals surface area (Å²) in [6.07, 6.45) is 2.50. The van der Waals surface area contributed by atoms with Crippen molar-refractivity contribution in [2.75, 3.05) is 19.6 Å². The van der Waals surface area contributed by atoms with Crippen LogP contribution < -0.4 is 0 Å². The highest BCUT2D eigenvalue weighted by molar-refractivity contribution is 5.80. The van der Waals surface area contributed by atoms with Crippen molar-refractivity contribution in [2.45, 2.75) is 27.2 Å². The molecule has 1 fully saturated rings. The first-order valence-electron chi connectivity index (χ1n) is 5.01. The Labute approximate surface area is 85.4 Å². The third-order valence-electron chi connectivity index (χ3n) is 2.60. The van der Waals surface area contributed by atoms with Gasteiger partial charge in [-0.3, -0.25) is 4.90 Å². The predicted molar refractivity (Wildman–Crippen MR) is 56.2 cm³/mol. The minimum absolute atomic E-state index is 0.392. The zero-order valence-electron chi connectivity index (χ0n) is 9.21. The quantitative estimate of drug-likeness (QED) is 0.701. The Morgan fingerprint density at radius 3 is 2.64 bits per heavy atom. The van der Waals surface area contributed by atoms with Crippen LogP contribution in [0.4, 0.5) is 0 Å². The Morgan fingerprint density at radius 1 is 1.57 bits per heavy atom. The summed E-state index contributed by atoms with van der Waals surface area (Å²) in [6, 6.07) is 0. The van der Waals surface area contributed by atoms with Gasteiger partial charge in [-0.1, -0.05) is 19.4 Å². The van der Waals surface area contributed by atoms with Crippen molar-refractivity contribution in [1.82, 2.24) is 4.90 Å². The van der Waals surface area contributed by atoms with Crippen molar-refractivity contribution in [3.63, 3.8) is 0 Å². The molecule has 1 rings (SSSR count). The minimum Gasteiger partial charge on any atom is -0.478 e. The Bertz CT molecular complexity index is 256. The van der Waals surface area contributed by atoms with Crippen molar-refractivity contribution in [2.24, 2.45) is 5.41 Å². The molecule has 3 heteroatoms. The molecule has 0 aromatic carbocycles. The molecule has 0 aliphatic carbocycles. The third kappa shape index (κ3) is 3.50. The van der Waals surface area contributed by atoms with Crippen LogP contribution in [-0.4, -0.2) is 35.6 Å². The lowest BCUT2D eigenvalue weighted by molar-refractivity contribution is -0.131. The number of aliphatic carboxylic acids is 1. The van der Waals surface area contributed by atoms with Crippen LogP contribution in [0.3, 0.4) is 0 Å². The van der Waals surface area contributed by atoms with E-state index in [1.54, 1.807) is 0 Å². The smallest absolute Gasteiger partial charge is 0.328 e. The van der Waals surface area contributed by atoms with Crippen LogP contribution in [0, 0.1) is 5.41 Å². The van der Waals surface area contributed by atoms with Gasteiger partial charge in [-0.2, -0.15) is 0 Å². The van der Waals surface area contributed by atoms with E-state index in [1.165, 1.54) is 12.5 Å². The van der Waals surface area contributed by atoms with E-state index in [9.17, 15) is 4.79 Å². The van der Waals surface area contributed by atoms with Gasteiger partial charge in [-0.05, 0) is 25.3 Å². The fraction of sp³-hybridized carbons (Fsp3) is 0.727. The Kier molecular flexibility index (Phi) is 3.32. The molecule has 0 radical (unpaired) electrons. The molecule has 0 aromatic rings. The van der Waals surface area contributed by atoms with Gasteiger partial charge in [-0.25, -0.2) is 4.79 Å². The summed E-state index contributed by atoms with van der Waals surface area (Å²) in [4.78, 5) is 12.7. The van der Waals surface area contributed by atoms with Crippen LogP contribution in [0.1, 0.15) is 27.2 Å². The van der Waals surface area contributed by atoms with Crippen LogP contribution in [0.25, 0.3) is 0 Å². The Hall–Kier alpha value is -0.830. The van der Waals surface area contributed by atoms with E-state index in [-0.39, 0.29) is 0 Å². The highest BCUT2D eigenvalue weighted by Gasteiger charge is 2.28. The summed E-state index contributed by atoms with van der Waals surface area (Å²) in [5.41, 5.74) is 1.32. The van der Waals surface area contributed by atoms with E-state index < -0.39 is 5.97 Å². The number of likely N-dealkylation sites (tertiary alicyclic amines) is 1. The van der Waals surface area contributed by atoms with Gasteiger partial charge in [0.15, 0.2) is 0 Å². The van der Waals surface area contributed by atoms with Crippen molar-refractivity contribution < 1.29 is 9.90 Å². The largest absolute Gasteiger partial charge is 0.478 e. The molecule has 1 aliphatic rings. The van der Waals surface area contributed by atoms with Gasteiger partial charge >= 0.3 is 5.97 Å². The second-order valence-electron chi connectivity index (χ2n) is 4.95. The van der Waals surface area contributed by atoms with Crippen LogP contribution in [0.15, 0.2) is 11.6 Å². The molecule has 1 N–H and O–H groups in total. The fourth-order valence-corrected chi connectivity index (χ4v) is 1.97. The highest BCUT2D eigenvalue weighted by atomic mass is 16.4. The predicted octanol–water partition coefficient (Wildman–Crippen LogP) is 1.75. The van der Waals surface area contributed by atoms with Gasteiger partial charge in [0.05, 0.1) is 0 Å². The molecule has 1 saturated heterocycles. The fourth-order valence-electron chi connectivity index (χ4n) is 1.97. The number of carbonyl (C=O) groups is 1. The zero-order valence-corrected chi connectivity index (χ0v) is 9.21. The Morgan fingerprint density at radius 2 is 2.21 bits per heavy atom. The summed E-state index contributed by atoms with van der Waals surface area (Å²) in [5, 5.41) is 8.57. The van der Waals surface area contributed by atoms with E-state index in [4.69, 9.17) is 5.11 Å². The first-order valence-corrected chi connectivity index (χ1v) is 5.01. The summed E-state index contributed by atoms with van der Waals surface area (Å²) >= 11 is 0. The molecule has 1 aliphatic heterocycles. The highest BCUT2D eigenvalue weighted by Crippen LogP contribution is 2.28. The zero-order chi connectivity index (χ0) is 10.8. The lowest BCUT2D eigenvalue weighted by Crippen LogP contribution is -2.25. The second-order valence-corrected chi connectivity index (χ2v) is 4.95. The maximum atomic E-state index is 10.4. The topological polar surface area (TPSA) is 40.5 Å². The van der Waals surface area contributed by atoms with Gasteiger partial charge < -0.3 is 5.11 Å². The van der Waals surface area contributed by atoms with Crippen molar-refractivity contribution in [3.05, 3.63) is 11.6 Å². The minimum atomic E-state index is -0.846. The van der Waals surface area contributed by atoms with Crippen LogP contribution in [-0.2, 0) is 4.79 Å². The Balaban J connectivity index is 2.43. The SMILES string of the molecule is C/C(=C\C(=O)O)CN1CCC(C)(C)C1. The molecule has 0 spiro atoms. The monoisotopic (exact) mass is 197 g/mol. The molecular formula is C11H19NO2. The summed E-state index contributed by atoms with van der Waals surface area (Å²) in [6.45, 7) is 9.32. The number of carboxylic acids is 1. The molecule has 14 heavy (non-hydrogen) atoms. The normalized spacial score (nSPS) is 22.6. The average Bonchev–Trinajstić information content (AvgIpc) is 2.27. The molecule has 0 unspecified atom stereocenters. The van der Waals surface area contributed by atoms with Crippen LogP contribution >= 0.6 is 0 Å². The molecule has 80 valence electrons. The van der Waals surface area contributed by atoms with E-state index in [0.717, 1.165) is 25.2 Å². The third-order valence-corrected chi connectivity index (χ3v) is 2.60. The molecule has 0 atom stereocenters. The van der Waals surface area contributed by atoms with Gasteiger partial charge in [0.2, 0.25) is 0 Å². The van der Waals surface area contributed by atoms with E-state index in [1.807, 2.05) is 6.92 Å². The average molecular weight is 197 g/mol. The van der Waals surface area contributed by atoms with Crippen molar-refractivity contribution in [3.8, 4) is 0 Å². The maximum Gasteiger partial charge on any atom is 0.328 e. The van der Waals surface area contributed by atoms with Crippen LogP contribution in [0.2, 0.25) is 0 Å². The molecular weight excluding hydrogens is 178 g/mol. The van der Waals surface area contributed by atoms with Crippen molar-refractivity contribution >= 4 is 5.97 Å². The molecule has 0 aromatic heterocycles. The maximum absolute atomic E-state index is 10.4. The molecule has 1 heterocycles. The number of hydrogen-bond donors (Lipinski definition) is 1. The standard InChI is InChI=1S/C11H19NO2/c1-9(6-10(13)14)7-12-5-4-11(2,3)8-12/h6H,4-5,7-8H2,1-3H3,(H,13,14)/b9-6+. The summed E-state index contributed by atoms with van der Waals surface area (Å²) in [5.74, 6) is -0.846. The van der Waals surface area contributed by atoms with Gasteiger partial charge in [-0.15, -0.1) is 0 Å². The van der Waals surface area contributed by atoms with E-state index in [2.05, 4.69) is 18.7 Å². The number of carboxylic acid groups (broad SMARTS) is 1. The van der Waals surface area contributed by atoms with Crippen molar-refractivity contribution in [1.29, 1.82) is 0 Å². The molecule has 3 nitrogen and oxygen atoms in total. The molecule has 0 saturated carbocycles. The summed E-state index contributed by atoms with van der Waals surface area (Å²) < 4.78 is 0. The first kappa shape index (κ1) is 11.2. The lowest BCUT2D eigenvalue weighted by atomic mass is 9.93. The number of hydrogen-bond acceptors (Lipinski definition) is 2. The molecule has 0 amide bonds. The molecule has 0 bridgehead atoms.